The van der Waals surface area contributed by atoms with Crippen molar-refractivity contribution in [1.82, 2.24) is 0 Å². The maximum absolute atomic E-state index is 5.29. The number of benzene rings is 1. The van der Waals surface area contributed by atoms with E-state index in [2.05, 4.69) is 17.4 Å². The van der Waals surface area contributed by atoms with Gasteiger partial charge < -0.3 is 10.1 Å². The van der Waals surface area contributed by atoms with Gasteiger partial charge in [0.05, 0.1) is 6.10 Å². The molecule has 1 aromatic rings. The first-order valence-corrected chi connectivity index (χ1v) is 4.36. The Balaban J connectivity index is 1.79. The molecule has 0 saturated carbocycles. The van der Waals surface area contributed by atoms with Gasteiger partial charge >= 0.3 is 0 Å². The predicted molar refractivity (Wildman–Crippen MR) is 49.3 cm³/mol. The summed E-state index contributed by atoms with van der Waals surface area (Å²) in [5.74, 6) is 0. The third kappa shape index (κ3) is 1.77. The fraction of sp³-hybridized carbons (Fsp3) is 0.400. The highest BCUT2D eigenvalue weighted by Gasteiger charge is 2.16. The van der Waals surface area contributed by atoms with Gasteiger partial charge in [-0.1, -0.05) is 18.2 Å². The number of anilines is 1. The third-order valence-corrected chi connectivity index (χ3v) is 2.10. The summed E-state index contributed by atoms with van der Waals surface area (Å²) in [7, 11) is 0. The zero-order valence-corrected chi connectivity index (χ0v) is 6.99. The molecule has 1 heterocycles. The lowest BCUT2D eigenvalue weighted by atomic mass is 10.2. The molecular formula is C10H13NO. The summed E-state index contributed by atoms with van der Waals surface area (Å²) in [5, 5.41) is 3.32. The maximum atomic E-state index is 5.29. The number of para-hydroxylation sites is 1. The van der Waals surface area contributed by atoms with Gasteiger partial charge in [0, 0.05) is 18.8 Å². The van der Waals surface area contributed by atoms with Crippen molar-refractivity contribution in [1.29, 1.82) is 0 Å². The average Bonchev–Trinajstić information content (AvgIpc) is 2.04. The molecule has 1 aromatic carbocycles. The van der Waals surface area contributed by atoms with Gasteiger partial charge in [0.1, 0.15) is 0 Å². The lowest BCUT2D eigenvalue weighted by Crippen LogP contribution is -2.33. The number of ether oxygens (including phenoxy) is 1. The summed E-state index contributed by atoms with van der Waals surface area (Å²) < 4.78 is 5.29. The van der Waals surface area contributed by atoms with Crippen molar-refractivity contribution in [3.8, 4) is 0 Å². The van der Waals surface area contributed by atoms with Crippen LogP contribution in [0.15, 0.2) is 30.3 Å². The Morgan fingerprint density at radius 3 is 2.67 bits per heavy atom. The van der Waals surface area contributed by atoms with Crippen LogP contribution < -0.4 is 5.32 Å². The largest absolute Gasteiger partial charge is 0.382 e. The maximum Gasteiger partial charge on any atom is 0.0769 e. The van der Waals surface area contributed by atoms with Crippen LogP contribution in [-0.2, 0) is 4.74 Å². The molecular weight excluding hydrogens is 150 g/mol. The Kier molecular flexibility index (Phi) is 2.28. The minimum absolute atomic E-state index is 0.435. The molecule has 2 heteroatoms. The minimum Gasteiger partial charge on any atom is -0.382 e. The Morgan fingerprint density at radius 2 is 2.08 bits per heavy atom. The van der Waals surface area contributed by atoms with E-state index in [1.807, 2.05) is 18.2 Å². The normalized spacial score (nSPS) is 21.5. The quantitative estimate of drug-likeness (QED) is 0.734. The number of hydrogen-bond donors (Lipinski definition) is 1. The summed E-state index contributed by atoms with van der Waals surface area (Å²) in [5.41, 5.74) is 1.17. The molecule has 1 fully saturated rings. The van der Waals surface area contributed by atoms with Gasteiger partial charge in [0.25, 0.3) is 0 Å². The molecule has 0 spiro atoms. The number of hydrogen-bond acceptors (Lipinski definition) is 2. The van der Waals surface area contributed by atoms with E-state index in [9.17, 15) is 0 Å². The predicted octanol–water partition coefficient (Wildman–Crippen LogP) is 1.89. The highest BCUT2D eigenvalue weighted by Crippen LogP contribution is 2.12. The summed E-state index contributed by atoms with van der Waals surface area (Å²) in [6.07, 6.45) is 1.63. The van der Waals surface area contributed by atoms with Crippen LogP contribution in [0.3, 0.4) is 0 Å². The molecule has 2 nitrogen and oxygen atoms in total. The van der Waals surface area contributed by atoms with Crippen molar-refractivity contribution >= 4 is 5.69 Å². The first-order chi connectivity index (χ1) is 5.95. The van der Waals surface area contributed by atoms with Crippen LogP contribution in [0, 0.1) is 0 Å². The second-order valence-electron chi connectivity index (χ2n) is 3.03. The van der Waals surface area contributed by atoms with Gasteiger partial charge in [-0.2, -0.15) is 0 Å². The fourth-order valence-electron chi connectivity index (χ4n) is 1.23. The monoisotopic (exact) mass is 163 g/mol. The minimum atomic E-state index is 0.435. The highest BCUT2D eigenvalue weighted by atomic mass is 16.5. The molecule has 0 aliphatic carbocycles. The molecule has 0 aromatic heterocycles. The molecule has 64 valence electrons. The van der Waals surface area contributed by atoms with E-state index in [1.54, 1.807) is 0 Å². The molecule has 12 heavy (non-hydrogen) atoms. The van der Waals surface area contributed by atoms with Gasteiger partial charge in [-0.25, -0.2) is 0 Å². The van der Waals surface area contributed by atoms with Crippen molar-refractivity contribution in [2.24, 2.45) is 0 Å². The Morgan fingerprint density at radius 1 is 1.33 bits per heavy atom. The lowest BCUT2D eigenvalue weighted by molar-refractivity contribution is -0.0410. The smallest absolute Gasteiger partial charge is 0.0769 e. The number of rotatable bonds is 3. The zero-order chi connectivity index (χ0) is 8.23. The Bertz CT molecular complexity index is 231. The van der Waals surface area contributed by atoms with E-state index in [-0.39, 0.29) is 0 Å². The number of nitrogens with one attached hydrogen (secondary N) is 1. The molecule has 1 atom stereocenters. The van der Waals surface area contributed by atoms with E-state index in [0.29, 0.717) is 6.10 Å². The van der Waals surface area contributed by atoms with Crippen LogP contribution >= 0.6 is 0 Å². The standard InChI is InChI=1S/C10H13NO/c1-2-4-9(5-3-1)11-8-10-6-7-12-10/h1-5,10-11H,6-8H2. The third-order valence-electron chi connectivity index (χ3n) is 2.10. The van der Waals surface area contributed by atoms with Gasteiger partial charge in [-0.05, 0) is 18.6 Å². The van der Waals surface area contributed by atoms with Gasteiger partial charge in [0.2, 0.25) is 0 Å². The average molecular weight is 163 g/mol. The summed E-state index contributed by atoms with van der Waals surface area (Å²) in [6, 6.07) is 10.2. The van der Waals surface area contributed by atoms with Crippen LogP contribution in [-0.4, -0.2) is 19.3 Å². The van der Waals surface area contributed by atoms with Crippen LogP contribution in [0.1, 0.15) is 6.42 Å². The molecule has 1 aliphatic rings. The molecule has 0 amide bonds. The molecule has 2 rings (SSSR count). The van der Waals surface area contributed by atoms with Crippen molar-refractivity contribution < 1.29 is 4.74 Å². The SMILES string of the molecule is c1ccc(NCC2CCO2)cc1. The van der Waals surface area contributed by atoms with Crippen molar-refractivity contribution in [2.75, 3.05) is 18.5 Å². The van der Waals surface area contributed by atoms with Crippen molar-refractivity contribution in [3.63, 3.8) is 0 Å². The van der Waals surface area contributed by atoms with E-state index in [1.165, 1.54) is 12.1 Å². The summed E-state index contributed by atoms with van der Waals surface area (Å²) in [4.78, 5) is 0. The van der Waals surface area contributed by atoms with Crippen LogP contribution in [0.4, 0.5) is 5.69 Å². The Hall–Kier alpha value is -1.02. The highest BCUT2D eigenvalue weighted by molar-refractivity contribution is 5.42. The molecule has 1 aliphatic heterocycles. The van der Waals surface area contributed by atoms with E-state index in [0.717, 1.165) is 13.2 Å². The second kappa shape index (κ2) is 3.59. The van der Waals surface area contributed by atoms with E-state index in [4.69, 9.17) is 4.74 Å². The summed E-state index contributed by atoms with van der Waals surface area (Å²) >= 11 is 0. The van der Waals surface area contributed by atoms with Crippen LogP contribution in [0.2, 0.25) is 0 Å². The van der Waals surface area contributed by atoms with E-state index < -0.39 is 0 Å². The van der Waals surface area contributed by atoms with Gasteiger partial charge in [-0.3, -0.25) is 0 Å². The lowest BCUT2D eigenvalue weighted by Gasteiger charge is -2.26. The molecule has 1 saturated heterocycles. The first-order valence-electron chi connectivity index (χ1n) is 4.36. The fourth-order valence-corrected chi connectivity index (χ4v) is 1.23. The first kappa shape index (κ1) is 7.62. The second-order valence-corrected chi connectivity index (χ2v) is 3.03. The van der Waals surface area contributed by atoms with Gasteiger partial charge in [0.15, 0.2) is 0 Å². The van der Waals surface area contributed by atoms with E-state index >= 15 is 0 Å². The van der Waals surface area contributed by atoms with Crippen LogP contribution in [0.5, 0.6) is 0 Å². The summed E-state index contributed by atoms with van der Waals surface area (Å²) in [6.45, 7) is 1.87. The van der Waals surface area contributed by atoms with Gasteiger partial charge in [-0.15, -0.1) is 0 Å². The van der Waals surface area contributed by atoms with Crippen molar-refractivity contribution in [2.45, 2.75) is 12.5 Å². The Labute approximate surface area is 72.5 Å². The molecule has 0 bridgehead atoms. The van der Waals surface area contributed by atoms with Crippen molar-refractivity contribution in [3.05, 3.63) is 30.3 Å². The topological polar surface area (TPSA) is 21.3 Å². The van der Waals surface area contributed by atoms with Crippen LogP contribution in [0.25, 0.3) is 0 Å². The molecule has 1 unspecified atom stereocenters. The zero-order valence-electron chi connectivity index (χ0n) is 6.99. The molecule has 0 radical (unpaired) electrons. The molecule has 1 N–H and O–H groups in total.